The number of carbonyl (C=O) groups is 1. The van der Waals surface area contributed by atoms with Crippen molar-refractivity contribution < 1.29 is 14.6 Å². The average Bonchev–Trinajstić information content (AvgIpc) is 2.55. The minimum Gasteiger partial charge on any atom is -0.491 e. The highest BCUT2D eigenvalue weighted by atomic mass is 16.5. The molecule has 0 radical (unpaired) electrons. The van der Waals surface area contributed by atoms with Crippen molar-refractivity contribution in [3.63, 3.8) is 0 Å². The molecule has 5 nitrogen and oxygen atoms in total. The van der Waals surface area contributed by atoms with Gasteiger partial charge in [0.05, 0.1) is 12.2 Å². The van der Waals surface area contributed by atoms with Crippen molar-refractivity contribution in [1.82, 2.24) is 5.32 Å². The molecule has 5 heteroatoms. The predicted octanol–water partition coefficient (Wildman–Crippen LogP) is 2.40. The number of carbonyl (C=O) groups excluding carboxylic acids is 1. The maximum Gasteiger partial charge on any atom is 0.248 e. The van der Waals surface area contributed by atoms with Crippen molar-refractivity contribution in [1.29, 1.82) is 0 Å². The van der Waals surface area contributed by atoms with Gasteiger partial charge in [-0.15, -0.1) is 0 Å². The van der Waals surface area contributed by atoms with Crippen LogP contribution in [0.25, 0.3) is 0 Å². The van der Waals surface area contributed by atoms with Crippen LogP contribution in [0.5, 0.6) is 5.75 Å². The van der Waals surface area contributed by atoms with Crippen LogP contribution in [-0.4, -0.2) is 23.7 Å². The molecule has 0 saturated heterocycles. The summed E-state index contributed by atoms with van der Waals surface area (Å²) in [4.78, 5) is 11.2. The molecule has 0 fully saturated rings. The zero-order chi connectivity index (χ0) is 17.5. The van der Waals surface area contributed by atoms with Gasteiger partial charge in [-0.05, 0) is 49.2 Å². The predicted molar refractivity (Wildman–Crippen MR) is 93.8 cm³/mol. The van der Waals surface area contributed by atoms with Gasteiger partial charge in [0.2, 0.25) is 5.91 Å². The van der Waals surface area contributed by atoms with E-state index >= 15 is 0 Å². The first-order valence-electron chi connectivity index (χ1n) is 8.00. The van der Waals surface area contributed by atoms with Gasteiger partial charge in [-0.2, -0.15) is 0 Å². The Balaban J connectivity index is 1.85. The summed E-state index contributed by atoms with van der Waals surface area (Å²) in [6.07, 6.45) is -0.490. The molecule has 2 aromatic carbocycles. The summed E-state index contributed by atoms with van der Waals surface area (Å²) in [6, 6.07) is 14.6. The Morgan fingerprint density at radius 2 is 1.92 bits per heavy atom. The second-order valence-electron chi connectivity index (χ2n) is 5.95. The zero-order valence-electron chi connectivity index (χ0n) is 14.0. The van der Waals surface area contributed by atoms with Crippen LogP contribution in [0.4, 0.5) is 0 Å². The number of nitrogens with one attached hydrogen (secondary N) is 1. The third-order valence-corrected chi connectivity index (χ3v) is 3.51. The number of benzene rings is 2. The van der Waals surface area contributed by atoms with Crippen LogP contribution < -0.4 is 15.8 Å². The minimum absolute atomic E-state index is 0.124. The van der Waals surface area contributed by atoms with E-state index in [1.165, 1.54) is 0 Å². The SMILES string of the molecule is CC(C)Oc1ccc(C(O)CNCc2cccc(C(N)=O)c2)cc1. The van der Waals surface area contributed by atoms with Gasteiger partial charge in [0, 0.05) is 18.7 Å². The lowest BCUT2D eigenvalue weighted by Gasteiger charge is -2.14. The van der Waals surface area contributed by atoms with E-state index in [2.05, 4.69) is 5.32 Å². The lowest BCUT2D eigenvalue weighted by atomic mass is 10.1. The smallest absolute Gasteiger partial charge is 0.248 e. The van der Waals surface area contributed by atoms with Gasteiger partial charge < -0.3 is 20.9 Å². The van der Waals surface area contributed by atoms with E-state index in [9.17, 15) is 9.90 Å². The zero-order valence-corrected chi connectivity index (χ0v) is 14.0. The van der Waals surface area contributed by atoms with Crippen LogP contribution in [0.3, 0.4) is 0 Å². The molecule has 1 amide bonds. The van der Waals surface area contributed by atoms with Crippen LogP contribution >= 0.6 is 0 Å². The number of ether oxygens (including phenoxy) is 1. The van der Waals surface area contributed by atoms with E-state index in [4.69, 9.17) is 10.5 Å². The van der Waals surface area contributed by atoms with Gasteiger partial charge in [-0.25, -0.2) is 0 Å². The maximum absolute atomic E-state index is 11.2. The first-order valence-corrected chi connectivity index (χ1v) is 8.00. The van der Waals surface area contributed by atoms with Crippen LogP contribution in [0.15, 0.2) is 48.5 Å². The third kappa shape index (κ3) is 5.37. The van der Waals surface area contributed by atoms with Crippen LogP contribution in [0.2, 0.25) is 0 Å². The number of hydrogen-bond acceptors (Lipinski definition) is 4. The number of amides is 1. The molecule has 0 aliphatic carbocycles. The van der Waals surface area contributed by atoms with E-state index in [0.717, 1.165) is 16.9 Å². The molecule has 0 bridgehead atoms. The van der Waals surface area contributed by atoms with Crippen molar-refractivity contribution >= 4 is 5.91 Å². The maximum atomic E-state index is 11.2. The fourth-order valence-electron chi connectivity index (χ4n) is 2.35. The first kappa shape index (κ1) is 18.0. The van der Waals surface area contributed by atoms with Gasteiger partial charge >= 0.3 is 0 Å². The summed E-state index contributed by atoms with van der Waals surface area (Å²) in [5.74, 6) is 0.345. The number of aliphatic hydroxyl groups is 1. The van der Waals surface area contributed by atoms with Gasteiger partial charge in [0.25, 0.3) is 0 Å². The lowest BCUT2D eigenvalue weighted by molar-refractivity contribution is 0.1000. The Hall–Kier alpha value is -2.37. The van der Waals surface area contributed by atoms with E-state index in [-0.39, 0.29) is 6.10 Å². The molecule has 0 heterocycles. The van der Waals surface area contributed by atoms with Crippen molar-refractivity contribution in [2.24, 2.45) is 5.73 Å². The Kier molecular flexibility index (Phi) is 6.35. The Morgan fingerprint density at radius 3 is 2.54 bits per heavy atom. The number of primary amides is 1. The minimum atomic E-state index is -0.613. The molecule has 128 valence electrons. The van der Waals surface area contributed by atoms with Gasteiger partial charge in [0.1, 0.15) is 5.75 Å². The summed E-state index contributed by atoms with van der Waals surface area (Å²) in [5.41, 5.74) is 7.52. The summed E-state index contributed by atoms with van der Waals surface area (Å²) >= 11 is 0. The topological polar surface area (TPSA) is 84.6 Å². The van der Waals surface area contributed by atoms with E-state index < -0.39 is 12.0 Å². The molecule has 2 aromatic rings. The molecular formula is C19H24N2O3. The molecule has 24 heavy (non-hydrogen) atoms. The molecule has 0 saturated carbocycles. The normalized spacial score (nSPS) is 12.2. The first-order chi connectivity index (χ1) is 11.5. The summed E-state index contributed by atoms with van der Waals surface area (Å²) in [7, 11) is 0. The second kappa shape index (κ2) is 8.47. The second-order valence-corrected chi connectivity index (χ2v) is 5.95. The van der Waals surface area contributed by atoms with E-state index in [1.54, 1.807) is 18.2 Å². The molecule has 0 spiro atoms. The van der Waals surface area contributed by atoms with Crippen LogP contribution in [0, 0.1) is 0 Å². The van der Waals surface area contributed by atoms with Crippen molar-refractivity contribution in [2.75, 3.05) is 6.54 Å². The lowest BCUT2D eigenvalue weighted by Crippen LogP contribution is -2.21. The molecule has 4 N–H and O–H groups in total. The Bertz CT molecular complexity index is 669. The number of nitrogens with two attached hydrogens (primary N) is 1. The van der Waals surface area contributed by atoms with Crippen molar-refractivity contribution in [3.05, 3.63) is 65.2 Å². The largest absolute Gasteiger partial charge is 0.491 e. The van der Waals surface area contributed by atoms with Crippen molar-refractivity contribution in [3.8, 4) is 5.75 Å². The van der Waals surface area contributed by atoms with E-state index in [1.807, 2.05) is 44.2 Å². The molecule has 1 unspecified atom stereocenters. The molecular weight excluding hydrogens is 304 g/mol. The molecule has 0 aromatic heterocycles. The summed E-state index contributed by atoms with van der Waals surface area (Å²) in [6.45, 7) is 4.90. The quantitative estimate of drug-likeness (QED) is 0.695. The highest BCUT2D eigenvalue weighted by Gasteiger charge is 2.08. The Morgan fingerprint density at radius 1 is 1.21 bits per heavy atom. The van der Waals surface area contributed by atoms with Crippen molar-refractivity contribution in [2.45, 2.75) is 32.6 Å². The average molecular weight is 328 g/mol. The number of rotatable bonds is 8. The summed E-state index contributed by atoms with van der Waals surface area (Å²) in [5, 5.41) is 13.4. The fraction of sp³-hybridized carbons (Fsp3) is 0.316. The van der Waals surface area contributed by atoms with Gasteiger partial charge in [0.15, 0.2) is 0 Å². The van der Waals surface area contributed by atoms with Crippen LogP contribution in [-0.2, 0) is 6.54 Å². The van der Waals surface area contributed by atoms with Gasteiger partial charge in [-0.1, -0.05) is 24.3 Å². The van der Waals surface area contributed by atoms with Gasteiger partial charge in [-0.3, -0.25) is 4.79 Å². The standard InChI is InChI=1S/C19H24N2O3/c1-13(2)24-17-8-6-15(7-9-17)18(22)12-21-11-14-4-3-5-16(10-14)19(20)23/h3-10,13,18,21-22H,11-12H2,1-2H3,(H2,20,23). The van der Waals surface area contributed by atoms with Crippen LogP contribution in [0.1, 0.15) is 41.4 Å². The molecule has 0 aliphatic heterocycles. The number of aliphatic hydroxyl groups excluding tert-OH is 1. The highest BCUT2D eigenvalue weighted by molar-refractivity contribution is 5.92. The number of hydrogen-bond donors (Lipinski definition) is 3. The molecule has 2 rings (SSSR count). The third-order valence-electron chi connectivity index (χ3n) is 3.51. The van der Waals surface area contributed by atoms with E-state index in [0.29, 0.717) is 18.7 Å². The highest BCUT2D eigenvalue weighted by Crippen LogP contribution is 2.18. The Labute approximate surface area is 142 Å². The monoisotopic (exact) mass is 328 g/mol. The molecule has 1 atom stereocenters. The fourth-order valence-corrected chi connectivity index (χ4v) is 2.35. The molecule has 0 aliphatic rings. The summed E-state index contributed by atoms with van der Waals surface area (Å²) < 4.78 is 5.58.